The third kappa shape index (κ3) is 2.27. The van der Waals surface area contributed by atoms with Gasteiger partial charge in [-0.05, 0) is 12.8 Å². The standard InChI is InChI=1S/C14H19N5O4/c20-5-8-10(21)11(22)14(23-8)19-7-17-9-12(15-6-16-13(9)19)18-3-1-2-4-18/h6-8,10-11,14,20-22H,1-5H2/t8-,10-,11-,14?/m1/s1. The van der Waals surface area contributed by atoms with Crippen molar-refractivity contribution in [3.05, 3.63) is 12.7 Å². The molecule has 2 saturated heterocycles. The van der Waals surface area contributed by atoms with Crippen LogP contribution in [0, 0.1) is 0 Å². The molecule has 124 valence electrons. The maximum Gasteiger partial charge on any atom is 0.167 e. The summed E-state index contributed by atoms with van der Waals surface area (Å²) in [6.45, 7) is 1.51. The molecule has 1 unspecified atom stereocenters. The van der Waals surface area contributed by atoms with Gasteiger partial charge in [0.2, 0.25) is 0 Å². The van der Waals surface area contributed by atoms with Gasteiger partial charge >= 0.3 is 0 Å². The first kappa shape index (κ1) is 14.8. The molecule has 9 nitrogen and oxygen atoms in total. The fourth-order valence-corrected chi connectivity index (χ4v) is 3.30. The molecule has 2 aromatic rings. The summed E-state index contributed by atoms with van der Waals surface area (Å²) in [5, 5.41) is 29.3. The van der Waals surface area contributed by atoms with E-state index in [4.69, 9.17) is 4.74 Å². The molecule has 2 fully saturated rings. The Morgan fingerprint density at radius 2 is 1.91 bits per heavy atom. The van der Waals surface area contributed by atoms with Gasteiger partial charge in [-0.25, -0.2) is 15.0 Å². The molecule has 23 heavy (non-hydrogen) atoms. The Morgan fingerprint density at radius 1 is 1.13 bits per heavy atom. The van der Waals surface area contributed by atoms with E-state index in [2.05, 4.69) is 19.9 Å². The molecule has 0 aliphatic carbocycles. The summed E-state index contributed by atoms with van der Waals surface area (Å²) < 4.78 is 7.14. The Morgan fingerprint density at radius 3 is 2.61 bits per heavy atom. The van der Waals surface area contributed by atoms with Crippen LogP contribution in [0.25, 0.3) is 11.2 Å². The summed E-state index contributed by atoms with van der Waals surface area (Å²) in [5.41, 5.74) is 1.18. The summed E-state index contributed by atoms with van der Waals surface area (Å²) in [6.07, 6.45) is 1.27. The lowest BCUT2D eigenvalue weighted by atomic mass is 10.1. The second kappa shape index (κ2) is 5.68. The van der Waals surface area contributed by atoms with Crippen LogP contribution in [0.5, 0.6) is 0 Å². The Hall–Kier alpha value is -1.81. The molecule has 2 aromatic heterocycles. The molecule has 0 aromatic carbocycles. The van der Waals surface area contributed by atoms with Crippen molar-refractivity contribution >= 4 is 17.0 Å². The van der Waals surface area contributed by atoms with Crippen molar-refractivity contribution in [3.63, 3.8) is 0 Å². The summed E-state index contributed by atoms with van der Waals surface area (Å²) >= 11 is 0. The monoisotopic (exact) mass is 321 g/mol. The van der Waals surface area contributed by atoms with E-state index in [-0.39, 0.29) is 6.61 Å². The normalized spacial score (nSPS) is 31.3. The predicted octanol–water partition coefficient (Wildman–Crippen LogP) is -0.962. The molecule has 0 amide bonds. The summed E-state index contributed by atoms with van der Waals surface area (Å²) in [5.74, 6) is 0.776. The number of imidazole rings is 1. The first-order valence-electron chi connectivity index (χ1n) is 7.75. The van der Waals surface area contributed by atoms with E-state index in [1.54, 1.807) is 4.57 Å². The van der Waals surface area contributed by atoms with Crippen LogP contribution >= 0.6 is 0 Å². The maximum absolute atomic E-state index is 10.2. The van der Waals surface area contributed by atoms with Gasteiger partial charge in [-0.15, -0.1) is 0 Å². The highest BCUT2D eigenvalue weighted by molar-refractivity contribution is 5.83. The molecule has 0 radical (unpaired) electrons. The number of anilines is 1. The molecular formula is C14H19N5O4. The van der Waals surface area contributed by atoms with E-state index < -0.39 is 24.5 Å². The topological polar surface area (TPSA) is 117 Å². The largest absolute Gasteiger partial charge is 0.394 e. The minimum absolute atomic E-state index is 0.366. The zero-order valence-corrected chi connectivity index (χ0v) is 12.5. The van der Waals surface area contributed by atoms with Gasteiger partial charge in [0.1, 0.15) is 24.6 Å². The number of nitrogens with zero attached hydrogens (tertiary/aromatic N) is 5. The van der Waals surface area contributed by atoms with Gasteiger partial charge in [-0.3, -0.25) is 4.57 Å². The van der Waals surface area contributed by atoms with Crippen LogP contribution in [0.4, 0.5) is 5.82 Å². The van der Waals surface area contributed by atoms with Crippen molar-refractivity contribution in [1.82, 2.24) is 19.5 Å². The number of hydrogen-bond acceptors (Lipinski definition) is 8. The molecule has 0 spiro atoms. The average Bonchev–Trinajstić information content (AvgIpc) is 3.28. The first-order valence-corrected chi connectivity index (χ1v) is 7.75. The van der Waals surface area contributed by atoms with Gasteiger partial charge in [0.25, 0.3) is 0 Å². The van der Waals surface area contributed by atoms with Gasteiger partial charge < -0.3 is 25.0 Å². The number of aliphatic hydroxyl groups excluding tert-OH is 3. The number of aromatic nitrogens is 4. The van der Waals surface area contributed by atoms with Gasteiger partial charge in [0.05, 0.1) is 12.9 Å². The van der Waals surface area contributed by atoms with Crippen LogP contribution in [-0.4, -0.2) is 72.8 Å². The smallest absolute Gasteiger partial charge is 0.167 e. The maximum atomic E-state index is 10.2. The van der Waals surface area contributed by atoms with Crippen LogP contribution in [0.15, 0.2) is 12.7 Å². The fourth-order valence-electron chi connectivity index (χ4n) is 3.30. The summed E-state index contributed by atoms with van der Waals surface area (Å²) in [4.78, 5) is 15.1. The van der Waals surface area contributed by atoms with Gasteiger partial charge in [0.15, 0.2) is 23.2 Å². The zero-order valence-electron chi connectivity index (χ0n) is 12.5. The minimum atomic E-state index is -1.16. The highest BCUT2D eigenvalue weighted by Crippen LogP contribution is 2.33. The molecule has 4 heterocycles. The molecule has 0 bridgehead atoms. The molecular weight excluding hydrogens is 302 g/mol. The number of fused-ring (bicyclic) bond motifs is 1. The first-order chi connectivity index (χ1) is 11.2. The van der Waals surface area contributed by atoms with Crippen LogP contribution in [0.3, 0.4) is 0 Å². The molecule has 3 N–H and O–H groups in total. The zero-order chi connectivity index (χ0) is 16.0. The number of aliphatic hydroxyl groups is 3. The van der Waals surface area contributed by atoms with Gasteiger partial charge in [-0.2, -0.15) is 0 Å². The Balaban J connectivity index is 1.73. The number of rotatable bonds is 3. The summed E-state index contributed by atoms with van der Waals surface area (Å²) in [7, 11) is 0. The average molecular weight is 321 g/mol. The molecule has 0 saturated carbocycles. The fraction of sp³-hybridized carbons (Fsp3) is 0.643. The van der Waals surface area contributed by atoms with Gasteiger partial charge in [0, 0.05) is 13.1 Å². The van der Waals surface area contributed by atoms with Crippen LogP contribution in [0.2, 0.25) is 0 Å². The Bertz CT molecular complexity index is 702. The van der Waals surface area contributed by atoms with Crippen molar-refractivity contribution < 1.29 is 20.1 Å². The molecule has 4 atom stereocenters. The van der Waals surface area contributed by atoms with Crippen molar-refractivity contribution in [3.8, 4) is 0 Å². The number of hydrogen-bond donors (Lipinski definition) is 3. The highest BCUT2D eigenvalue weighted by Gasteiger charge is 2.44. The lowest BCUT2D eigenvalue weighted by Crippen LogP contribution is -2.33. The third-order valence-corrected chi connectivity index (χ3v) is 4.54. The second-order valence-electron chi connectivity index (χ2n) is 5.94. The van der Waals surface area contributed by atoms with Crippen molar-refractivity contribution in [2.24, 2.45) is 0 Å². The van der Waals surface area contributed by atoms with E-state index in [0.29, 0.717) is 11.2 Å². The highest BCUT2D eigenvalue weighted by atomic mass is 16.6. The molecule has 4 rings (SSSR count). The van der Waals surface area contributed by atoms with E-state index in [0.717, 1.165) is 31.7 Å². The molecule has 2 aliphatic heterocycles. The molecule has 9 heteroatoms. The lowest BCUT2D eigenvalue weighted by Gasteiger charge is -2.18. The van der Waals surface area contributed by atoms with Crippen LogP contribution < -0.4 is 4.90 Å². The quantitative estimate of drug-likeness (QED) is 0.662. The van der Waals surface area contributed by atoms with Gasteiger partial charge in [-0.1, -0.05) is 0 Å². The lowest BCUT2D eigenvalue weighted by molar-refractivity contribution is -0.0511. The van der Waals surface area contributed by atoms with E-state index in [1.807, 2.05) is 0 Å². The van der Waals surface area contributed by atoms with E-state index in [9.17, 15) is 15.3 Å². The van der Waals surface area contributed by atoms with E-state index >= 15 is 0 Å². The summed E-state index contributed by atoms with van der Waals surface area (Å²) in [6, 6.07) is 0. The van der Waals surface area contributed by atoms with Crippen LogP contribution in [-0.2, 0) is 4.74 Å². The van der Waals surface area contributed by atoms with Crippen molar-refractivity contribution in [2.45, 2.75) is 37.4 Å². The third-order valence-electron chi connectivity index (χ3n) is 4.54. The van der Waals surface area contributed by atoms with Crippen molar-refractivity contribution in [1.29, 1.82) is 0 Å². The Labute approximate surface area is 132 Å². The minimum Gasteiger partial charge on any atom is -0.394 e. The van der Waals surface area contributed by atoms with Crippen molar-refractivity contribution in [2.75, 3.05) is 24.6 Å². The number of ether oxygens (including phenoxy) is 1. The van der Waals surface area contributed by atoms with E-state index in [1.165, 1.54) is 12.7 Å². The second-order valence-corrected chi connectivity index (χ2v) is 5.94. The SMILES string of the molecule is OC[C@H]1OC(n2cnc3c(N4CCCC4)ncnc32)[C@H](O)[C@@H]1O. The predicted molar refractivity (Wildman–Crippen MR) is 79.8 cm³/mol. The molecule has 2 aliphatic rings. The van der Waals surface area contributed by atoms with Crippen LogP contribution in [0.1, 0.15) is 19.1 Å². The Kier molecular flexibility index (Phi) is 3.64.